The zero-order chi connectivity index (χ0) is 12.8. The molecule has 0 aliphatic rings. The Kier molecular flexibility index (Phi) is 5.22. The summed E-state index contributed by atoms with van der Waals surface area (Å²) in [6.45, 7) is 6.09. The van der Waals surface area contributed by atoms with E-state index in [0.29, 0.717) is 0 Å². The van der Waals surface area contributed by atoms with Crippen molar-refractivity contribution in [2.24, 2.45) is 7.05 Å². The quantitative estimate of drug-likeness (QED) is 0.763. The fraction of sp³-hybridized carbons (Fsp3) is 0.385. The molecule has 0 atom stereocenters. The molecule has 3 nitrogen and oxygen atoms in total. The number of aryl methyl sites for hydroxylation is 1. The van der Waals surface area contributed by atoms with Gasteiger partial charge in [0.2, 0.25) is 0 Å². The molecule has 0 radical (unpaired) electrons. The fourth-order valence-electron chi connectivity index (χ4n) is 1.55. The van der Waals surface area contributed by atoms with E-state index in [1.807, 2.05) is 43.9 Å². The molecule has 1 aromatic heterocycles. The highest BCUT2D eigenvalue weighted by Gasteiger charge is 2.10. The normalized spacial score (nSPS) is 9.71. The van der Waals surface area contributed by atoms with Crippen LogP contribution in [0.4, 0.5) is 0 Å². The fourth-order valence-corrected chi connectivity index (χ4v) is 2.03. The number of hydrogen-bond acceptors (Lipinski definition) is 3. The Bertz CT molecular complexity index is 477. The van der Waals surface area contributed by atoms with E-state index in [2.05, 4.69) is 29.3 Å². The van der Waals surface area contributed by atoms with Crippen molar-refractivity contribution in [1.29, 1.82) is 0 Å². The monoisotopic (exact) mass is 249 g/mol. The number of benzene rings is 1. The van der Waals surface area contributed by atoms with Crippen LogP contribution in [-0.2, 0) is 7.05 Å². The summed E-state index contributed by atoms with van der Waals surface area (Å²) >= 11 is 1.61. The highest BCUT2D eigenvalue weighted by molar-refractivity contribution is 7.98. The lowest BCUT2D eigenvalue weighted by Crippen LogP contribution is -1.95. The summed E-state index contributed by atoms with van der Waals surface area (Å²) in [5, 5.41) is 9.28. The molecule has 0 saturated heterocycles. The first kappa shape index (κ1) is 13.8. The molecule has 2 aromatic rings. The Hall–Kier alpha value is -1.29. The minimum Gasteiger partial charge on any atom is -0.305 e. The molecule has 1 aromatic carbocycles. The number of thioether (sulfide) groups is 1. The molecule has 2 rings (SSSR count). The smallest absolute Gasteiger partial charge is 0.190 e. The zero-order valence-electron chi connectivity index (χ0n) is 11.1. The lowest BCUT2D eigenvalue weighted by Gasteiger charge is -2.04. The van der Waals surface area contributed by atoms with Gasteiger partial charge in [-0.2, -0.15) is 0 Å². The van der Waals surface area contributed by atoms with Gasteiger partial charge in [-0.3, -0.25) is 0 Å². The summed E-state index contributed by atoms with van der Waals surface area (Å²) in [7, 11) is 1.99. The van der Waals surface area contributed by atoms with Crippen molar-refractivity contribution in [2.75, 3.05) is 6.26 Å². The van der Waals surface area contributed by atoms with E-state index in [1.54, 1.807) is 11.8 Å². The Labute approximate surface area is 107 Å². The third kappa shape index (κ3) is 2.88. The first-order chi connectivity index (χ1) is 8.24. The molecule has 0 fully saturated rings. The molecule has 92 valence electrons. The first-order valence-corrected chi connectivity index (χ1v) is 6.96. The Morgan fingerprint density at radius 2 is 1.76 bits per heavy atom. The third-order valence-corrected chi connectivity index (χ3v) is 3.12. The van der Waals surface area contributed by atoms with Crippen LogP contribution in [0.5, 0.6) is 0 Å². The first-order valence-electron chi connectivity index (χ1n) is 5.73. The Balaban J connectivity index is 0.000000686. The number of aromatic nitrogens is 3. The van der Waals surface area contributed by atoms with Crippen LogP contribution in [0.3, 0.4) is 0 Å². The van der Waals surface area contributed by atoms with Crippen LogP contribution in [0, 0.1) is 6.92 Å². The van der Waals surface area contributed by atoms with Gasteiger partial charge in [-0.15, -0.1) is 10.2 Å². The van der Waals surface area contributed by atoms with Crippen LogP contribution in [0.1, 0.15) is 19.4 Å². The Morgan fingerprint density at radius 3 is 2.29 bits per heavy atom. The molecule has 17 heavy (non-hydrogen) atoms. The summed E-state index contributed by atoms with van der Waals surface area (Å²) < 4.78 is 2.02. The van der Waals surface area contributed by atoms with Gasteiger partial charge in [0.1, 0.15) is 0 Å². The summed E-state index contributed by atoms with van der Waals surface area (Å²) in [6, 6.07) is 8.21. The van der Waals surface area contributed by atoms with Crippen molar-refractivity contribution in [1.82, 2.24) is 14.8 Å². The summed E-state index contributed by atoms with van der Waals surface area (Å²) in [6.07, 6.45) is 2.01. The zero-order valence-corrected chi connectivity index (χ0v) is 11.9. The highest BCUT2D eigenvalue weighted by atomic mass is 32.2. The van der Waals surface area contributed by atoms with Crippen LogP contribution >= 0.6 is 11.8 Å². The average Bonchev–Trinajstić information content (AvgIpc) is 2.74. The maximum Gasteiger partial charge on any atom is 0.190 e. The largest absolute Gasteiger partial charge is 0.305 e. The lowest BCUT2D eigenvalue weighted by atomic mass is 10.1. The van der Waals surface area contributed by atoms with Crippen LogP contribution in [0.25, 0.3) is 11.4 Å². The summed E-state index contributed by atoms with van der Waals surface area (Å²) in [4.78, 5) is 0. The number of hydrogen-bond donors (Lipinski definition) is 0. The summed E-state index contributed by atoms with van der Waals surface area (Å²) in [5.41, 5.74) is 2.37. The summed E-state index contributed by atoms with van der Waals surface area (Å²) in [5.74, 6) is 0.928. The number of rotatable bonds is 2. The van der Waals surface area contributed by atoms with Crippen molar-refractivity contribution in [2.45, 2.75) is 25.9 Å². The third-order valence-electron chi connectivity index (χ3n) is 2.40. The minimum atomic E-state index is 0.928. The minimum absolute atomic E-state index is 0.928. The molecule has 0 aliphatic heterocycles. The van der Waals surface area contributed by atoms with Crippen molar-refractivity contribution in [3.8, 4) is 11.4 Å². The van der Waals surface area contributed by atoms with Gasteiger partial charge in [-0.25, -0.2) is 0 Å². The second kappa shape index (κ2) is 6.45. The lowest BCUT2D eigenvalue weighted by molar-refractivity contribution is 0.795. The Morgan fingerprint density at radius 1 is 1.12 bits per heavy atom. The second-order valence-corrected chi connectivity index (χ2v) is 4.16. The van der Waals surface area contributed by atoms with Crippen molar-refractivity contribution >= 4 is 11.8 Å². The van der Waals surface area contributed by atoms with E-state index in [4.69, 9.17) is 0 Å². The van der Waals surface area contributed by atoms with Crippen LogP contribution < -0.4 is 0 Å². The maximum absolute atomic E-state index is 4.21. The maximum atomic E-state index is 4.21. The van der Waals surface area contributed by atoms with Crippen molar-refractivity contribution < 1.29 is 0 Å². The van der Waals surface area contributed by atoms with Gasteiger partial charge in [0.15, 0.2) is 11.0 Å². The van der Waals surface area contributed by atoms with E-state index in [0.717, 1.165) is 16.5 Å². The molecule has 0 bridgehead atoms. The number of nitrogens with zero attached hydrogens (tertiary/aromatic N) is 3. The molecular weight excluding hydrogens is 230 g/mol. The SMILES string of the molecule is CC.CSc1nnc(-c2ccccc2C)n1C. The predicted octanol–water partition coefficient (Wildman–Crippen LogP) is 3.54. The van der Waals surface area contributed by atoms with Crippen LogP contribution in [-0.4, -0.2) is 21.0 Å². The second-order valence-electron chi connectivity index (χ2n) is 3.38. The van der Waals surface area contributed by atoms with E-state index in [9.17, 15) is 0 Å². The predicted molar refractivity (Wildman–Crippen MR) is 74.3 cm³/mol. The van der Waals surface area contributed by atoms with E-state index >= 15 is 0 Å². The standard InChI is InChI=1S/C11H13N3S.C2H6/c1-8-6-4-5-7-9(8)10-12-13-11(15-3)14(10)2;1-2/h4-7H,1-3H3;1-2H3. The van der Waals surface area contributed by atoms with Gasteiger partial charge >= 0.3 is 0 Å². The molecule has 0 N–H and O–H groups in total. The van der Waals surface area contributed by atoms with Gasteiger partial charge in [-0.1, -0.05) is 49.9 Å². The van der Waals surface area contributed by atoms with Crippen molar-refractivity contribution in [3.63, 3.8) is 0 Å². The molecular formula is C13H19N3S. The van der Waals surface area contributed by atoms with E-state index < -0.39 is 0 Å². The molecule has 1 heterocycles. The van der Waals surface area contributed by atoms with Crippen LogP contribution in [0.15, 0.2) is 29.4 Å². The van der Waals surface area contributed by atoms with E-state index in [1.165, 1.54) is 5.56 Å². The van der Waals surface area contributed by atoms with E-state index in [-0.39, 0.29) is 0 Å². The van der Waals surface area contributed by atoms with Gasteiger partial charge in [0.25, 0.3) is 0 Å². The van der Waals surface area contributed by atoms with Crippen molar-refractivity contribution in [3.05, 3.63) is 29.8 Å². The highest BCUT2D eigenvalue weighted by Crippen LogP contribution is 2.23. The molecule has 0 amide bonds. The topological polar surface area (TPSA) is 30.7 Å². The van der Waals surface area contributed by atoms with Gasteiger partial charge in [-0.05, 0) is 18.7 Å². The van der Waals surface area contributed by atoms with Gasteiger partial charge < -0.3 is 4.57 Å². The molecule has 0 spiro atoms. The molecule has 0 aliphatic carbocycles. The average molecular weight is 249 g/mol. The van der Waals surface area contributed by atoms with Gasteiger partial charge in [0.05, 0.1) is 0 Å². The molecule has 4 heteroatoms. The van der Waals surface area contributed by atoms with Crippen LogP contribution in [0.2, 0.25) is 0 Å². The molecule has 0 unspecified atom stereocenters. The van der Waals surface area contributed by atoms with Gasteiger partial charge in [0, 0.05) is 12.6 Å². The molecule has 0 saturated carbocycles.